The lowest BCUT2D eigenvalue weighted by molar-refractivity contribution is -0.153. The minimum atomic E-state index is -1.55. The molecule has 2 aliphatic rings. The molecular formula is C28H33BrO4. The molecule has 176 valence electrons. The van der Waals surface area contributed by atoms with E-state index >= 15 is 0 Å². The van der Waals surface area contributed by atoms with Crippen LogP contribution in [0, 0.1) is 5.92 Å². The van der Waals surface area contributed by atoms with E-state index in [9.17, 15) is 10.2 Å². The first-order valence-corrected chi connectivity index (χ1v) is 12.1. The molecule has 4 atom stereocenters. The van der Waals surface area contributed by atoms with E-state index in [1.54, 1.807) is 6.08 Å². The van der Waals surface area contributed by atoms with E-state index in [0.29, 0.717) is 30.1 Å². The molecule has 0 amide bonds. The lowest BCUT2D eigenvalue weighted by Gasteiger charge is -2.41. The topological polar surface area (TPSA) is 58.9 Å². The predicted octanol–water partition coefficient (Wildman–Crippen LogP) is 6.42. The van der Waals surface area contributed by atoms with Gasteiger partial charge in [0.1, 0.15) is 11.5 Å². The van der Waals surface area contributed by atoms with Gasteiger partial charge in [-0.2, -0.15) is 0 Å². The fourth-order valence-electron chi connectivity index (χ4n) is 4.95. The Hall–Kier alpha value is -2.34. The first-order chi connectivity index (χ1) is 15.8. The highest BCUT2D eigenvalue weighted by molar-refractivity contribution is 9.10. The van der Waals surface area contributed by atoms with Crippen molar-refractivity contribution >= 4 is 15.9 Å². The lowest BCUT2D eigenvalue weighted by Crippen LogP contribution is -2.52. The Balaban J connectivity index is 0.000000555. The summed E-state index contributed by atoms with van der Waals surface area (Å²) in [6.45, 7) is 11.9. The largest absolute Gasteiger partial charge is 0.494 e. The van der Waals surface area contributed by atoms with Gasteiger partial charge < -0.3 is 19.7 Å². The third-order valence-corrected chi connectivity index (χ3v) is 7.08. The van der Waals surface area contributed by atoms with Crippen molar-refractivity contribution in [2.45, 2.75) is 51.4 Å². The van der Waals surface area contributed by atoms with Crippen molar-refractivity contribution in [1.82, 2.24) is 0 Å². The van der Waals surface area contributed by atoms with Crippen LogP contribution in [0.1, 0.15) is 45.2 Å². The number of ether oxygens (including phenoxy) is 2. The standard InChI is InChI=1S/C23H25BrO4.C5H8/c1-4-14(3)19-13-21(25)22(26)18-11-10-17(27-5-2)12-20(18)28-23(19,22)15-6-8-16(24)9-7-15;1-3-5-4-2/h4,6-12,19,21,25-26H,5,13H2,1-3H3;3-5H,1H2,2H3/b14-4+;5-4-. The lowest BCUT2D eigenvalue weighted by atomic mass is 9.71. The van der Waals surface area contributed by atoms with E-state index in [0.717, 1.165) is 15.6 Å². The summed E-state index contributed by atoms with van der Waals surface area (Å²) < 4.78 is 13.2. The van der Waals surface area contributed by atoms with Gasteiger partial charge in [-0.25, -0.2) is 0 Å². The summed E-state index contributed by atoms with van der Waals surface area (Å²) in [7, 11) is 0. The molecule has 4 nitrogen and oxygen atoms in total. The van der Waals surface area contributed by atoms with Crippen molar-refractivity contribution in [2.24, 2.45) is 5.92 Å². The molecule has 1 aliphatic heterocycles. The number of benzene rings is 2. The van der Waals surface area contributed by atoms with Crippen LogP contribution >= 0.6 is 15.9 Å². The molecule has 2 N–H and O–H groups in total. The van der Waals surface area contributed by atoms with Crippen LogP contribution in [0.5, 0.6) is 11.5 Å². The van der Waals surface area contributed by atoms with Crippen LogP contribution in [0.2, 0.25) is 0 Å². The smallest absolute Gasteiger partial charge is 0.176 e. The number of aliphatic hydroxyl groups excluding tert-OH is 1. The quantitative estimate of drug-likeness (QED) is 0.358. The minimum Gasteiger partial charge on any atom is -0.494 e. The van der Waals surface area contributed by atoms with Gasteiger partial charge in [-0.05, 0) is 63.9 Å². The fourth-order valence-corrected chi connectivity index (χ4v) is 5.22. The van der Waals surface area contributed by atoms with E-state index < -0.39 is 17.3 Å². The van der Waals surface area contributed by atoms with E-state index in [4.69, 9.17) is 9.47 Å². The van der Waals surface area contributed by atoms with Crippen molar-refractivity contribution in [2.75, 3.05) is 6.61 Å². The van der Waals surface area contributed by atoms with Crippen LogP contribution in [0.3, 0.4) is 0 Å². The van der Waals surface area contributed by atoms with Crippen LogP contribution in [0.25, 0.3) is 0 Å². The zero-order valence-corrected chi connectivity index (χ0v) is 21.3. The molecule has 0 spiro atoms. The number of aliphatic hydroxyl groups is 2. The van der Waals surface area contributed by atoms with Gasteiger partial charge in [0.25, 0.3) is 0 Å². The summed E-state index contributed by atoms with van der Waals surface area (Å²) in [5, 5.41) is 23.1. The number of rotatable bonds is 5. The van der Waals surface area contributed by atoms with Gasteiger partial charge >= 0.3 is 0 Å². The summed E-state index contributed by atoms with van der Waals surface area (Å²) >= 11 is 3.48. The Morgan fingerprint density at radius 3 is 2.48 bits per heavy atom. The molecule has 4 unspecified atom stereocenters. The van der Waals surface area contributed by atoms with Gasteiger partial charge in [-0.1, -0.05) is 64.5 Å². The Bertz CT molecular complexity index is 1040. The highest BCUT2D eigenvalue weighted by Gasteiger charge is 2.72. The van der Waals surface area contributed by atoms with Crippen LogP contribution in [-0.4, -0.2) is 22.9 Å². The van der Waals surface area contributed by atoms with E-state index in [-0.39, 0.29) is 5.92 Å². The van der Waals surface area contributed by atoms with Gasteiger partial charge in [-0.15, -0.1) is 0 Å². The normalized spacial score (nSPS) is 27.9. The monoisotopic (exact) mass is 512 g/mol. The van der Waals surface area contributed by atoms with Gasteiger partial charge in [0.15, 0.2) is 11.2 Å². The minimum absolute atomic E-state index is 0.165. The molecule has 1 fully saturated rings. The summed E-state index contributed by atoms with van der Waals surface area (Å²) in [6, 6.07) is 13.2. The van der Waals surface area contributed by atoms with Crippen molar-refractivity contribution in [3.05, 3.63) is 94.5 Å². The van der Waals surface area contributed by atoms with Crippen LogP contribution in [-0.2, 0) is 11.2 Å². The number of allylic oxidation sites excluding steroid dienone is 4. The van der Waals surface area contributed by atoms with Crippen LogP contribution in [0.15, 0.2) is 83.4 Å². The summed E-state index contributed by atoms with van der Waals surface area (Å²) in [4.78, 5) is 0. The molecule has 0 aromatic heterocycles. The maximum absolute atomic E-state index is 12.0. The van der Waals surface area contributed by atoms with Gasteiger partial charge in [0, 0.05) is 22.0 Å². The molecule has 2 aromatic rings. The fraction of sp³-hybridized carbons (Fsp3) is 0.357. The second-order valence-corrected chi connectivity index (χ2v) is 9.22. The summed E-state index contributed by atoms with van der Waals surface area (Å²) in [6.07, 6.45) is 7.08. The zero-order chi connectivity index (χ0) is 24.2. The van der Waals surface area contributed by atoms with Crippen molar-refractivity contribution in [1.29, 1.82) is 0 Å². The second kappa shape index (κ2) is 10.3. The zero-order valence-electron chi connectivity index (χ0n) is 19.7. The number of hydrogen-bond donors (Lipinski definition) is 2. The number of fused-ring (bicyclic) bond motifs is 3. The third kappa shape index (κ3) is 4.18. The second-order valence-electron chi connectivity index (χ2n) is 8.30. The molecule has 1 heterocycles. The maximum atomic E-state index is 12.0. The molecule has 2 aromatic carbocycles. The van der Waals surface area contributed by atoms with E-state index in [2.05, 4.69) is 22.5 Å². The van der Waals surface area contributed by atoms with Gasteiger partial charge in [0.05, 0.1) is 12.7 Å². The Morgan fingerprint density at radius 2 is 1.94 bits per heavy atom. The molecule has 5 heteroatoms. The van der Waals surface area contributed by atoms with Crippen molar-refractivity contribution in [3.63, 3.8) is 0 Å². The number of hydrogen-bond acceptors (Lipinski definition) is 4. The average Bonchev–Trinajstić information content (AvgIpc) is 3.20. The highest BCUT2D eigenvalue weighted by atomic mass is 79.9. The number of halogens is 1. The molecule has 0 radical (unpaired) electrons. The molecule has 4 rings (SSSR count). The first-order valence-electron chi connectivity index (χ1n) is 11.3. The van der Waals surface area contributed by atoms with E-state index in [1.165, 1.54) is 0 Å². The molecule has 0 saturated heterocycles. The Morgan fingerprint density at radius 1 is 1.24 bits per heavy atom. The molecule has 1 aliphatic carbocycles. The summed E-state index contributed by atoms with van der Waals surface area (Å²) in [5.41, 5.74) is -0.115. The summed E-state index contributed by atoms with van der Waals surface area (Å²) in [5.74, 6) is 1.08. The molecule has 0 bridgehead atoms. The van der Waals surface area contributed by atoms with Gasteiger partial charge in [-0.3, -0.25) is 0 Å². The van der Waals surface area contributed by atoms with Crippen molar-refractivity contribution < 1.29 is 19.7 Å². The maximum Gasteiger partial charge on any atom is 0.176 e. The van der Waals surface area contributed by atoms with E-state index in [1.807, 2.05) is 88.4 Å². The predicted molar refractivity (Wildman–Crippen MR) is 137 cm³/mol. The Kier molecular flexibility index (Phi) is 7.88. The third-order valence-electron chi connectivity index (χ3n) is 6.55. The SMILES string of the molecule is C/C=C(\C)C1CC(O)C2(O)c3ccc(OCC)cc3OC12c1ccc(Br)cc1.C=C/C=C\C. The molecular weight excluding hydrogens is 480 g/mol. The molecule has 33 heavy (non-hydrogen) atoms. The molecule has 1 saturated carbocycles. The highest BCUT2D eigenvalue weighted by Crippen LogP contribution is 2.65. The van der Waals surface area contributed by atoms with Crippen LogP contribution < -0.4 is 9.47 Å². The van der Waals surface area contributed by atoms with Crippen LogP contribution in [0.4, 0.5) is 0 Å². The van der Waals surface area contributed by atoms with Gasteiger partial charge in [0.2, 0.25) is 0 Å². The van der Waals surface area contributed by atoms with Crippen molar-refractivity contribution in [3.8, 4) is 11.5 Å². The first kappa shape index (κ1) is 25.3. The average molecular weight is 513 g/mol. The Labute approximate surface area is 205 Å².